The van der Waals surface area contributed by atoms with Crippen LogP contribution in [-0.4, -0.2) is 46.3 Å². The van der Waals surface area contributed by atoms with E-state index >= 15 is 0 Å². The summed E-state index contributed by atoms with van der Waals surface area (Å²) < 4.78 is 21.4. The van der Waals surface area contributed by atoms with Gasteiger partial charge in [0.2, 0.25) is 0 Å². The Morgan fingerprint density at radius 2 is 1.71 bits per heavy atom. The lowest BCUT2D eigenvalue weighted by Crippen LogP contribution is -2.36. The number of hydrogen-bond acceptors (Lipinski definition) is 7. The fourth-order valence-corrected chi connectivity index (χ4v) is 4.93. The highest BCUT2D eigenvalue weighted by molar-refractivity contribution is 6.04. The summed E-state index contributed by atoms with van der Waals surface area (Å²) in [6.07, 6.45) is 1.01. The van der Waals surface area contributed by atoms with Crippen molar-refractivity contribution in [3.63, 3.8) is 0 Å². The molecule has 2 aliphatic rings. The van der Waals surface area contributed by atoms with Gasteiger partial charge in [0.1, 0.15) is 18.1 Å². The molecule has 1 aliphatic carbocycles. The number of methoxy groups -OCH3 is 3. The van der Waals surface area contributed by atoms with Crippen molar-refractivity contribution in [2.75, 3.05) is 34.5 Å². The molecule has 4 rings (SSSR count). The van der Waals surface area contributed by atoms with Crippen molar-refractivity contribution in [2.45, 2.75) is 31.6 Å². The molecule has 7 nitrogen and oxygen atoms in total. The predicted octanol–water partition coefficient (Wildman–Crippen LogP) is 4.26. The summed E-state index contributed by atoms with van der Waals surface area (Å²) in [5, 5.41) is 3.37. The molecule has 184 valence electrons. The summed E-state index contributed by atoms with van der Waals surface area (Å²) in [6.45, 7) is 2.27. The van der Waals surface area contributed by atoms with Gasteiger partial charge in [-0.25, -0.2) is 4.79 Å². The van der Waals surface area contributed by atoms with Crippen LogP contribution in [0.5, 0.6) is 11.5 Å². The number of nitrogens with one attached hydrogen (secondary N) is 1. The zero-order valence-electron chi connectivity index (χ0n) is 20.6. The quantitative estimate of drug-likeness (QED) is 0.449. The van der Waals surface area contributed by atoms with E-state index in [4.69, 9.17) is 18.9 Å². The Kier molecular flexibility index (Phi) is 7.56. The molecule has 7 heteroatoms. The normalized spacial score (nSPS) is 19.7. The number of benzene rings is 2. The molecule has 0 spiro atoms. The van der Waals surface area contributed by atoms with Gasteiger partial charge in [0.15, 0.2) is 5.78 Å². The number of ether oxygens (including phenoxy) is 4. The van der Waals surface area contributed by atoms with Gasteiger partial charge in [-0.1, -0.05) is 30.3 Å². The summed E-state index contributed by atoms with van der Waals surface area (Å²) in [6, 6.07) is 15.3. The second-order valence-electron chi connectivity index (χ2n) is 8.66. The van der Waals surface area contributed by atoms with Gasteiger partial charge >= 0.3 is 5.97 Å². The molecule has 2 aromatic rings. The Hall–Kier alpha value is -3.58. The molecule has 0 fully saturated rings. The van der Waals surface area contributed by atoms with E-state index in [1.165, 1.54) is 0 Å². The number of rotatable bonds is 8. The third-order valence-corrected chi connectivity index (χ3v) is 6.61. The smallest absolute Gasteiger partial charge is 0.336 e. The van der Waals surface area contributed by atoms with Crippen LogP contribution in [0, 0.1) is 0 Å². The highest BCUT2D eigenvalue weighted by Gasteiger charge is 2.42. The molecule has 1 aliphatic heterocycles. The summed E-state index contributed by atoms with van der Waals surface area (Å²) in [5.74, 6) is 0.372. The molecular weight excluding hydrogens is 446 g/mol. The summed E-state index contributed by atoms with van der Waals surface area (Å²) in [4.78, 5) is 26.9. The van der Waals surface area contributed by atoms with Gasteiger partial charge in [-0.05, 0) is 43.0 Å². The topological polar surface area (TPSA) is 83.1 Å². The first-order chi connectivity index (χ1) is 17.0. The van der Waals surface area contributed by atoms with Crippen LogP contribution in [0.3, 0.4) is 0 Å². The maximum atomic E-state index is 13.7. The minimum absolute atomic E-state index is 0.00478. The summed E-state index contributed by atoms with van der Waals surface area (Å²) in [5.41, 5.74) is 4.37. The van der Waals surface area contributed by atoms with Gasteiger partial charge in [-0.2, -0.15) is 0 Å². The van der Waals surface area contributed by atoms with Crippen LogP contribution in [0.15, 0.2) is 71.1 Å². The minimum atomic E-state index is -0.582. The Balaban J connectivity index is 1.76. The van der Waals surface area contributed by atoms with Gasteiger partial charge in [0, 0.05) is 36.1 Å². The number of para-hydroxylation sites is 1. The van der Waals surface area contributed by atoms with Gasteiger partial charge in [-0.3, -0.25) is 4.79 Å². The van der Waals surface area contributed by atoms with Gasteiger partial charge in [0.05, 0.1) is 32.3 Å². The van der Waals surface area contributed by atoms with E-state index in [2.05, 4.69) is 5.32 Å². The molecule has 0 saturated carbocycles. The number of carbonyl (C=O) groups excluding carboxylic acids is 2. The van der Waals surface area contributed by atoms with Crippen LogP contribution >= 0.6 is 0 Å². The third-order valence-electron chi connectivity index (χ3n) is 6.61. The highest BCUT2D eigenvalue weighted by Crippen LogP contribution is 2.47. The van der Waals surface area contributed by atoms with Crippen LogP contribution < -0.4 is 14.8 Å². The number of carbonyl (C=O) groups is 2. The molecule has 2 aromatic carbocycles. The van der Waals surface area contributed by atoms with Crippen molar-refractivity contribution in [1.29, 1.82) is 0 Å². The molecular formula is C28H31NO6. The molecule has 0 unspecified atom stereocenters. The van der Waals surface area contributed by atoms with Gasteiger partial charge in [0.25, 0.3) is 0 Å². The van der Waals surface area contributed by atoms with E-state index in [1.54, 1.807) is 21.3 Å². The average Bonchev–Trinajstić information content (AvgIpc) is 2.87. The average molecular weight is 478 g/mol. The fourth-order valence-electron chi connectivity index (χ4n) is 4.93. The molecule has 0 amide bonds. The molecule has 0 radical (unpaired) electrons. The standard InChI is InChI=1S/C28H31NO6/c1-17-25(28(31)35-14-13-32-2)26(21-7-5-6-8-24(21)34-4)27-22(29-17)15-19(16-23(27)30)18-9-11-20(33-3)12-10-18/h5-12,19,26,29H,13-16H2,1-4H3/t19-,26-/m0/s1. The number of Topliss-reactive ketones (excluding diaryl/α,β-unsaturated/α-hetero) is 1. The lowest BCUT2D eigenvalue weighted by atomic mass is 9.71. The molecule has 0 aromatic heterocycles. The first-order valence-corrected chi connectivity index (χ1v) is 11.6. The predicted molar refractivity (Wildman–Crippen MR) is 131 cm³/mol. The van der Waals surface area contributed by atoms with E-state index in [-0.39, 0.29) is 18.3 Å². The van der Waals surface area contributed by atoms with Crippen LogP contribution in [0.2, 0.25) is 0 Å². The SMILES string of the molecule is COCCOC(=O)C1=C(C)NC2=C(C(=O)C[C@@H](c3ccc(OC)cc3)C2)[C@H]1c1ccccc1OC. The molecule has 0 bridgehead atoms. The van der Waals surface area contributed by atoms with E-state index in [1.807, 2.05) is 55.5 Å². The molecule has 35 heavy (non-hydrogen) atoms. The molecule has 0 saturated heterocycles. The van der Waals surface area contributed by atoms with Crippen LogP contribution in [0.1, 0.15) is 42.7 Å². The Morgan fingerprint density at radius 3 is 2.40 bits per heavy atom. The monoisotopic (exact) mass is 477 g/mol. The van der Waals surface area contributed by atoms with Crippen molar-refractivity contribution in [2.24, 2.45) is 0 Å². The van der Waals surface area contributed by atoms with Crippen molar-refractivity contribution in [3.8, 4) is 11.5 Å². The van der Waals surface area contributed by atoms with E-state index in [0.29, 0.717) is 42.0 Å². The number of ketones is 1. The van der Waals surface area contributed by atoms with E-state index in [0.717, 1.165) is 22.6 Å². The van der Waals surface area contributed by atoms with Gasteiger partial charge in [-0.15, -0.1) is 0 Å². The Bertz CT molecular complexity index is 1160. The first-order valence-electron chi connectivity index (χ1n) is 11.6. The van der Waals surface area contributed by atoms with Gasteiger partial charge < -0.3 is 24.3 Å². The van der Waals surface area contributed by atoms with Crippen LogP contribution in [0.4, 0.5) is 0 Å². The van der Waals surface area contributed by atoms with Crippen molar-refractivity contribution in [3.05, 3.63) is 82.2 Å². The summed E-state index contributed by atoms with van der Waals surface area (Å²) in [7, 11) is 4.77. The number of dihydropyridines is 1. The third kappa shape index (κ3) is 4.95. The zero-order valence-corrected chi connectivity index (χ0v) is 20.6. The van der Waals surface area contributed by atoms with Crippen LogP contribution in [0.25, 0.3) is 0 Å². The number of hydrogen-bond donors (Lipinski definition) is 1. The molecule has 2 atom stereocenters. The lowest BCUT2D eigenvalue weighted by molar-refractivity contribution is -0.140. The zero-order chi connectivity index (χ0) is 24.9. The Labute approximate surface area is 205 Å². The maximum absolute atomic E-state index is 13.7. The first kappa shape index (κ1) is 24.5. The molecule has 1 heterocycles. The fraction of sp³-hybridized carbons (Fsp3) is 0.357. The minimum Gasteiger partial charge on any atom is -0.497 e. The Morgan fingerprint density at radius 1 is 0.971 bits per heavy atom. The second kappa shape index (κ2) is 10.8. The van der Waals surface area contributed by atoms with E-state index < -0.39 is 11.9 Å². The second-order valence-corrected chi connectivity index (χ2v) is 8.66. The highest BCUT2D eigenvalue weighted by atomic mass is 16.6. The van der Waals surface area contributed by atoms with Crippen LogP contribution in [-0.2, 0) is 19.1 Å². The molecule has 1 N–H and O–H groups in total. The van der Waals surface area contributed by atoms with Crippen molar-refractivity contribution in [1.82, 2.24) is 5.32 Å². The number of esters is 1. The summed E-state index contributed by atoms with van der Waals surface area (Å²) >= 11 is 0. The largest absolute Gasteiger partial charge is 0.497 e. The lowest BCUT2D eigenvalue weighted by Gasteiger charge is -2.37. The van der Waals surface area contributed by atoms with Crippen molar-refractivity contribution >= 4 is 11.8 Å². The van der Waals surface area contributed by atoms with E-state index in [9.17, 15) is 9.59 Å². The number of allylic oxidation sites excluding steroid dienone is 3. The van der Waals surface area contributed by atoms with Crippen molar-refractivity contribution < 1.29 is 28.5 Å². The maximum Gasteiger partial charge on any atom is 0.336 e.